The van der Waals surface area contributed by atoms with Gasteiger partial charge in [-0.1, -0.05) is 44.2 Å². The Balaban J connectivity index is 1.64. The molecule has 2 heterocycles. The van der Waals surface area contributed by atoms with Crippen molar-refractivity contribution in [2.75, 3.05) is 20.2 Å². The van der Waals surface area contributed by atoms with Crippen LogP contribution in [-0.4, -0.2) is 41.2 Å². The van der Waals surface area contributed by atoms with Crippen molar-refractivity contribution in [1.29, 1.82) is 0 Å². The normalized spacial score (nSPS) is 15.9. The number of para-hydroxylation sites is 1. The minimum Gasteiger partial charge on any atom is -0.496 e. The first-order valence-electron chi connectivity index (χ1n) is 9.12. The Labute approximate surface area is 159 Å². The van der Waals surface area contributed by atoms with Crippen LogP contribution in [0.15, 0.2) is 24.3 Å². The molecule has 1 saturated heterocycles. The predicted octanol–water partition coefficient (Wildman–Crippen LogP) is 4.36. The molecule has 0 N–H and O–H groups in total. The summed E-state index contributed by atoms with van der Waals surface area (Å²) in [5.74, 6) is 1.47. The lowest BCUT2D eigenvalue weighted by molar-refractivity contribution is -0.134. The summed E-state index contributed by atoms with van der Waals surface area (Å²) in [6.07, 6.45) is 2.52. The Morgan fingerprint density at radius 1 is 1.23 bits per heavy atom. The van der Waals surface area contributed by atoms with Crippen molar-refractivity contribution in [2.45, 2.75) is 46.0 Å². The molecule has 0 unspecified atom stereocenters. The molecule has 6 heteroatoms. The van der Waals surface area contributed by atoms with Gasteiger partial charge in [-0.3, -0.25) is 4.79 Å². The maximum atomic E-state index is 12.4. The molecule has 3 rings (SSSR count). The fourth-order valence-electron chi connectivity index (χ4n) is 3.27. The van der Waals surface area contributed by atoms with E-state index >= 15 is 0 Å². The van der Waals surface area contributed by atoms with E-state index in [9.17, 15) is 4.79 Å². The molecule has 1 aliphatic heterocycles. The number of benzene rings is 1. The lowest BCUT2D eigenvalue weighted by Crippen LogP contribution is -2.39. The van der Waals surface area contributed by atoms with Crippen molar-refractivity contribution < 1.29 is 9.53 Å². The quantitative estimate of drug-likeness (QED) is 0.799. The van der Waals surface area contributed by atoms with Gasteiger partial charge >= 0.3 is 0 Å². The molecule has 1 aliphatic rings. The number of carbonyl (C=O) groups is 1. The SMILES string of the molecule is COc1ccccc1-c1nnc(C2CCN(C(=O)CC(C)(C)C)CC2)s1. The number of methoxy groups -OCH3 is 1. The highest BCUT2D eigenvalue weighted by atomic mass is 32.1. The first-order valence-corrected chi connectivity index (χ1v) is 9.93. The number of piperidine rings is 1. The summed E-state index contributed by atoms with van der Waals surface area (Å²) >= 11 is 1.64. The number of nitrogens with zero attached hydrogens (tertiary/aromatic N) is 3. The molecule has 0 spiro atoms. The maximum Gasteiger partial charge on any atom is 0.223 e. The molecule has 140 valence electrons. The smallest absolute Gasteiger partial charge is 0.223 e. The summed E-state index contributed by atoms with van der Waals surface area (Å²) in [5, 5.41) is 10.8. The fourth-order valence-corrected chi connectivity index (χ4v) is 4.31. The molecular formula is C20H27N3O2S. The second kappa shape index (κ2) is 7.74. The van der Waals surface area contributed by atoms with Gasteiger partial charge in [0.05, 0.1) is 12.7 Å². The van der Waals surface area contributed by atoms with Crippen LogP contribution in [0, 0.1) is 5.41 Å². The highest BCUT2D eigenvalue weighted by Crippen LogP contribution is 2.36. The first kappa shape index (κ1) is 18.8. The molecule has 1 amide bonds. The number of hydrogen-bond acceptors (Lipinski definition) is 5. The number of amides is 1. The average Bonchev–Trinajstić information content (AvgIpc) is 3.10. The van der Waals surface area contributed by atoms with Crippen LogP contribution >= 0.6 is 11.3 Å². The van der Waals surface area contributed by atoms with Crippen molar-refractivity contribution >= 4 is 17.2 Å². The first-order chi connectivity index (χ1) is 12.4. The zero-order valence-electron chi connectivity index (χ0n) is 16.0. The van der Waals surface area contributed by atoms with Crippen LogP contribution in [-0.2, 0) is 4.79 Å². The van der Waals surface area contributed by atoms with E-state index in [1.165, 1.54) is 0 Å². The molecular weight excluding hydrogens is 346 g/mol. The number of rotatable bonds is 4. The van der Waals surface area contributed by atoms with E-state index in [2.05, 4.69) is 31.0 Å². The molecule has 0 saturated carbocycles. The third kappa shape index (κ3) is 4.41. The van der Waals surface area contributed by atoms with Crippen LogP contribution in [0.1, 0.15) is 51.0 Å². The lowest BCUT2D eigenvalue weighted by Gasteiger charge is -2.32. The second-order valence-corrected chi connectivity index (χ2v) is 9.05. The van der Waals surface area contributed by atoms with Gasteiger partial charge in [0.15, 0.2) is 5.01 Å². The van der Waals surface area contributed by atoms with E-state index in [-0.39, 0.29) is 11.3 Å². The third-order valence-corrected chi connectivity index (χ3v) is 5.78. The minimum absolute atomic E-state index is 0.0385. The molecule has 0 atom stereocenters. The standard InChI is InChI=1S/C20H27N3O2S/c1-20(2,3)13-17(24)23-11-9-14(10-12-23)18-21-22-19(26-18)15-7-5-6-8-16(15)25-4/h5-8,14H,9-13H2,1-4H3. The van der Waals surface area contributed by atoms with Crippen molar-refractivity contribution in [3.05, 3.63) is 29.3 Å². The number of likely N-dealkylation sites (tertiary alicyclic amines) is 1. The molecule has 1 fully saturated rings. The van der Waals surface area contributed by atoms with Crippen LogP contribution in [0.3, 0.4) is 0 Å². The Morgan fingerprint density at radius 2 is 1.92 bits per heavy atom. The summed E-state index contributed by atoms with van der Waals surface area (Å²) in [7, 11) is 1.67. The van der Waals surface area contributed by atoms with Crippen LogP contribution in [0.4, 0.5) is 0 Å². The molecule has 26 heavy (non-hydrogen) atoms. The van der Waals surface area contributed by atoms with E-state index in [1.807, 2.05) is 29.2 Å². The van der Waals surface area contributed by atoms with Crippen LogP contribution < -0.4 is 4.74 Å². The molecule has 5 nitrogen and oxygen atoms in total. The van der Waals surface area contributed by atoms with Gasteiger partial charge < -0.3 is 9.64 Å². The van der Waals surface area contributed by atoms with Crippen molar-refractivity contribution in [1.82, 2.24) is 15.1 Å². The van der Waals surface area contributed by atoms with E-state index in [1.54, 1.807) is 18.4 Å². The Kier molecular flexibility index (Phi) is 5.61. The number of carbonyl (C=O) groups excluding carboxylic acids is 1. The van der Waals surface area contributed by atoms with Gasteiger partial charge in [-0.05, 0) is 30.4 Å². The van der Waals surface area contributed by atoms with E-state index in [4.69, 9.17) is 4.74 Å². The van der Waals surface area contributed by atoms with Crippen LogP contribution in [0.5, 0.6) is 5.75 Å². The topological polar surface area (TPSA) is 55.3 Å². The summed E-state index contributed by atoms with van der Waals surface area (Å²) < 4.78 is 5.43. The van der Waals surface area contributed by atoms with E-state index in [0.717, 1.165) is 47.3 Å². The summed E-state index contributed by atoms with van der Waals surface area (Å²) in [6.45, 7) is 7.95. The summed E-state index contributed by atoms with van der Waals surface area (Å²) in [5.41, 5.74) is 1.02. The van der Waals surface area contributed by atoms with Crippen LogP contribution in [0.25, 0.3) is 10.6 Å². The molecule has 0 bridgehead atoms. The Bertz CT molecular complexity index is 758. The fraction of sp³-hybridized carbons (Fsp3) is 0.550. The number of aromatic nitrogens is 2. The maximum absolute atomic E-state index is 12.4. The van der Waals surface area contributed by atoms with Gasteiger partial charge in [0, 0.05) is 25.4 Å². The van der Waals surface area contributed by atoms with Crippen molar-refractivity contribution in [2.24, 2.45) is 5.41 Å². The van der Waals surface area contributed by atoms with Crippen molar-refractivity contribution in [3.8, 4) is 16.3 Å². The highest BCUT2D eigenvalue weighted by Gasteiger charge is 2.28. The summed E-state index contributed by atoms with van der Waals surface area (Å²) in [4.78, 5) is 14.4. The lowest BCUT2D eigenvalue weighted by atomic mass is 9.90. The monoisotopic (exact) mass is 373 g/mol. The van der Waals surface area contributed by atoms with Gasteiger partial charge in [-0.2, -0.15) is 0 Å². The molecule has 1 aromatic heterocycles. The molecule has 0 aliphatic carbocycles. The Morgan fingerprint density at radius 3 is 2.58 bits per heavy atom. The molecule has 0 radical (unpaired) electrons. The predicted molar refractivity (Wildman–Crippen MR) is 105 cm³/mol. The van der Waals surface area contributed by atoms with Gasteiger partial charge in [-0.25, -0.2) is 0 Å². The largest absolute Gasteiger partial charge is 0.496 e. The van der Waals surface area contributed by atoms with Gasteiger partial charge in [0.2, 0.25) is 5.91 Å². The highest BCUT2D eigenvalue weighted by molar-refractivity contribution is 7.14. The molecule has 2 aromatic rings. The van der Waals surface area contributed by atoms with Gasteiger partial charge in [-0.15, -0.1) is 10.2 Å². The zero-order chi connectivity index (χ0) is 18.7. The third-order valence-electron chi connectivity index (χ3n) is 4.66. The zero-order valence-corrected chi connectivity index (χ0v) is 16.8. The second-order valence-electron chi connectivity index (χ2n) is 8.04. The molecule has 1 aromatic carbocycles. The average molecular weight is 374 g/mol. The van der Waals surface area contributed by atoms with E-state index in [0.29, 0.717) is 12.3 Å². The number of hydrogen-bond donors (Lipinski definition) is 0. The van der Waals surface area contributed by atoms with Crippen LogP contribution in [0.2, 0.25) is 0 Å². The van der Waals surface area contributed by atoms with Gasteiger partial charge in [0.25, 0.3) is 0 Å². The van der Waals surface area contributed by atoms with Crippen molar-refractivity contribution in [3.63, 3.8) is 0 Å². The van der Waals surface area contributed by atoms with Gasteiger partial charge in [0.1, 0.15) is 10.8 Å². The van der Waals surface area contributed by atoms with E-state index < -0.39 is 0 Å². The minimum atomic E-state index is 0.0385. The summed E-state index contributed by atoms with van der Waals surface area (Å²) in [6, 6.07) is 7.89. The Hall–Kier alpha value is -1.95. The number of ether oxygens (including phenoxy) is 1.